The van der Waals surface area contributed by atoms with Gasteiger partial charge in [0.25, 0.3) is 0 Å². The number of hydrogen-bond acceptors (Lipinski definition) is 2. The highest BCUT2D eigenvalue weighted by Gasteiger charge is 2.23. The monoisotopic (exact) mass is 132 g/mol. The Labute approximate surface area is 57.6 Å². The minimum atomic E-state index is -0.324. The third-order valence-electron chi connectivity index (χ3n) is 1.70. The van der Waals surface area contributed by atoms with Crippen LogP contribution < -0.4 is 0 Å². The lowest BCUT2D eigenvalue weighted by atomic mass is 10.1. The highest BCUT2D eigenvalue weighted by Crippen LogP contribution is 2.19. The van der Waals surface area contributed by atoms with Gasteiger partial charge in [-0.1, -0.05) is 6.92 Å². The van der Waals surface area contributed by atoms with Crippen LogP contribution in [0.2, 0.25) is 0 Å². The van der Waals surface area contributed by atoms with Gasteiger partial charge in [0.15, 0.2) is 0 Å². The number of rotatable bonds is 2. The van der Waals surface area contributed by atoms with Crippen LogP contribution in [-0.4, -0.2) is 26.4 Å². The average molecular weight is 132 g/mol. The summed E-state index contributed by atoms with van der Waals surface area (Å²) in [4.78, 5) is 0. The molecule has 1 aliphatic rings. The molecular weight excluding hydrogens is 116 g/mol. The summed E-state index contributed by atoms with van der Waals surface area (Å²) in [5, 5.41) is 0. The molecule has 3 atom stereocenters. The quantitative estimate of drug-likeness (QED) is 0.559. The van der Waals surface area contributed by atoms with E-state index in [1.807, 2.05) is 0 Å². The minimum absolute atomic E-state index is 0.146. The molecule has 1 saturated heterocycles. The fourth-order valence-corrected chi connectivity index (χ4v) is 0.985. The fourth-order valence-electron chi connectivity index (χ4n) is 0.985. The van der Waals surface area contributed by atoms with Crippen LogP contribution in [0.15, 0.2) is 0 Å². The smallest absolute Gasteiger partial charge is 0.0834 e. The van der Waals surface area contributed by atoms with E-state index in [0.29, 0.717) is 12.5 Å². The number of hydrogen-bond donors (Lipinski definition) is 0. The Morgan fingerprint density at radius 2 is 2.67 bits per heavy atom. The molecule has 0 radical (unpaired) electrons. The van der Waals surface area contributed by atoms with Crippen LogP contribution >= 0.6 is 0 Å². The van der Waals surface area contributed by atoms with E-state index in [4.69, 9.17) is 10.8 Å². The molecule has 1 aliphatic heterocycles. The zero-order valence-corrected chi connectivity index (χ0v) is 5.96. The number of methoxy groups -OCH3 is 1. The summed E-state index contributed by atoms with van der Waals surface area (Å²) in [6, 6.07) is 0. The maximum atomic E-state index is 7.29. The highest BCUT2D eigenvalue weighted by atomic mass is 16.5. The van der Waals surface area contributed by atoms with Crippen molar-refractivity contribution in [1.82, 2.24) is 0 Å². The Morgan fingerprint density at radius 3 is 3.11 bits per heavy atom. The van der Waals surface area contributed by atoms with Crippen molar-refractivity contribution in [1.29, 1.82) is 0 Å². The summed E-state index contributed by atoms with van der Waals surface area (Å²) in [5.74, 6) is 0.474. The first-order valence-corrected chi connectivity index (χ1v) is 3.30. The molecule has 0 aromatic rings. The van der Waals surface area contributed by atoms with Crippen molar-refractivity contribution in [3.8, 4) is 0 Å². The van der Waals surface area contributed by atoms with E-state index in [2.05, 4.69) is 6.92 Å². The second kappa shape index (κ2) is 3.18. The lowest BCUT2D eigenvalue weighted by Gasteiger charge is -2.11. The van der Waals surface area contributed by atoms with Crippen LogP contribution in [0.3, 0.4) is 0 Å². The van der Waals surface area contributed by atoms with Crippen molar-refractivity contribution < 1.29 is 10.8 Å². The third kappa shape index (κ3) is 1.66. The summed E-state index contributed by atoms with van der Waals surface area (Å²) < 4.78 is 17.5. The molecule has 2 heteroatoms. The van der Waals surface area contributed by atoms with Crippen molar-refractivity contribution in [3.05, 3.63) is 0 Å². The first-order valence-electron chi connectivity index (χ1n) is 3.88. The van der Waals surface area contributed by atoms with Gasteiger partial charge in [-0.15, -0.1) is 0 Å². The molecule has 0 aromatic heterocycles. The topological polar surface area (TPSA) is 18.5 Å². The normalized spacial score (nSPS) is 45.1. The second-order valence-corrected chi connectivity index (χ2v) is 2.51. The zero-order valence-electron chi connectivity index (χ0n) is 6.96. The SMILES string of the molecule is [3H][C@H]1CC(C)[C@@H](COC)O1. The third-order valence-corrected chi connectivity index (χ3v) is 1.70. The van der Waals surface area contributed by atoms with Crippen LogP contribution in [-0.2, 0) is 9.47 Å². The Morgan fingerprint density at radius 1 is 1.89 bits per heavy atom. The van der Waals surface area contributed by atoms with Crippen LogP contribution in [0.25, 0.3) is 0 Å². The molecule has 54 valence electrons. The maximum Gasteiger partial charge on any atom is 0.0834 e. The molecule has 0 saturated carbocycles. The zero-order chi connectivity index (χ0) is 7.56. The predicted molar refractivity (Wildman–Crippen MR) is 35.4 cm³/mol. The van der Waals surface area contributed by atoms with E-state index in [0.717, 1.165) is 6.42 Å². The van der Waals surface area contributed by atoms with Crippen molar-refractivity contribution in [2.24, 2.45) is 5.92 Å². The van der Waals surface area contributed by atoms with Gasteiger partial charge < -0.3 is 9.47 Å². The lowest BCUT2D eigenvalue weighted by Crippen LogP contribution is -2.19. The average Bonchev–Trinajstić information content (AvgIpc) is 2.13. The molecule has 1 fully saturated rings. The van der Waals surface area contributed by atoms with Gasteiger partial charge in [-0.2, -0.15) is 0 Å². The predicted octanol–water partition coefficient (Wildman–Crippen LogP) is 1.06. The van der Waals surface area contributed by atoms with Gasteiger partial charge in [-0.3, -0.25) is 0 Å². The molecular formula is C7H14O2. The van der Waals surface area contributed by atoms with Gasteiger partial charge in [-0.25, -0.2) is 0 Å². The first-order chi connectivity index (χ1) is 4.74. The molecule has 9 heavy (non-hydrogen) atoms. The highest BCUT2D eigenvalue weighted by molar-refractivity contribution is 4.71. The molecule has 2 nitrogen and oxygen atoms in total. The molecule has 0 aromatic carbocycles. The van der Waals surface area contributed by atoms with Crippen LogP contribution in [0, 0.1) is 5.92 Å². The van der Waals surface area contributed by atoms with Crippen LogP contribution in [0.4, 0.5) is 0 Å². The van der Waals surface area contributed by atoms with Crippen molar-refractivity contribution in [2.45, 2.75) is 19.4 Å². The van der Waals surface area contributed by atoms with E-state index >= 15 is 0 Å². The molecule has 1 heterocycles. The van der Waals surface area contributed by atoms with Gasteiger partial charge >= 0.3 is 0 Å². The van der Waals surface area contributed by atoms with Crippen molar-refractivity contribution in [3.63, 3.8) is 0 Å². The Hall–Kier alpha value is -0.0800. The Kier molecular flexibility index (Phi) is 2.01. The summed E-state index contributed by atoms with van der Waals surface area (Å²) in [7, 11) is 1.66. The molecule has 0 aliphatic carbocycles. The van der Waals surface area contributed by atoms with Crippen LogP contribution in [0.1, 0.15) is 14.7 Å². The number of ether oxygens (including phenoxy) is 2. The first kappa shape index (κ1) is 5.69. The van der Waals surface area contributed by atoms with Gasteiger partial charge in [0, 0.05) is 13.7 Å². The fraction of sp³-hybridized carbons (Fsp3) is 1.00. The Balaban J connectivity index is 2.31. The molecule has 1 unspecified atom stereocenters. The largest absolute Gasteiger partial charge is 0.382 e. The molecule has 0 N–H and O–H groups in total. The molecule has 0 bridgehead atoms. The maximum absolute atomic E-state index is 7.29. The summed E-state index contributed by atoms with van der Waals surface area (Å²) in [6.07, 6.45) is 0.987. The molecule has 0 amide bonds. The standard InChI is InChI=1S/C7H14O2/c1-6-3-4-9-7(6)5-8-2/h6-7H,3-5H2,1-2H3/t6?,7-/m1/s1/i4T/t4-,6?,7+/m0. The van der Waals surface area contributed by atoms with Gasteiger partial charge in [0.2, 0.25) is 0 Å². The van der Waals surface area contributed by atoms with E-state index in [-0.39, 0.29) is 12.7 Å². The van der Waals surface area contributed by atoms with Gasteiger partial charge in [0.1, 0.15) is 0 Å². The molecule has 0 spiro atoms. The van der Waals surface area contributed by atoms with E-state index < -0.39 is 0 Å². The van der Waals surface area contributed by atoms with E-state index in [1.54, 1.807) is 7.11 Å². The van der Waals surface area contributed by atoms with E-state index in [9.17, 15) is 0 Å². The van der Waals surface area contributed by atoms with Gasteiger partial charge in [0.05, 0.1) is 14.1 Å². The molecule has 1 rings (SSSR count). The van der Waals surface area contributed by atoms with Crippen molar-refractivity contribution >= 4 is 0 Å². The second-order valence-electron chi connectivity index (χ2n) is 2.51. The lowest BCUT2D eigenvalue weighted by molar-refractivity contribution is 0.0234. The van der Waals surface area contributed by atoms with Crippen LogP contribution in [0.5, 0.6) is 0 Å². The Bertz CT molecular complexity index is 108. The van der Waals surface area contributed by atoms with Gasteiger partial charge in [-0.05, 0) is 12.3 Å². The van der Waals surface area contributed by atoms with Crippen molar-refractivity contribution in [2.75, 3.05) is 20.3 Å². The summed E-state index contributed by atoms with van der Waals surface area (Å²) in [6.45, 7) is 2.39. The minimum Gasteiger partial charge on any atom is -0.382 e. The van der Waals surface area contributed by atoms with E-state index in [1.165, 1.54) is 0 Å². The summed E-state index contributed by atoms with van der Waals surface area (Å²) >= 11 is 0. The summed E-state index contributed by atoms with van der Waals surface area (Å²) in [5.41, 5.74) is 0.